The number of imidazole rings is 1. The summed E-state index contributed by atoms with van der Waals surface area (Å²) in [5.74, 6) is 1.88. The third kappa shape index (κ3) is 6.17. The van der Waals surface area contributed by atoms with E-state index in [0.717, 1.165) is 58.2 Å². The van der Waals surface area contributed by atoms with Gasteiger partial charge in [-0.15, -0.1) is 40.7 Å². The van der Waals surface area contributed by atoms with Crippen LogP contribution < -0.4 is 10.2 Å². The molecule has 39 heavy (non-hydrogen) atoms. The number of nitrogens with one attached hydrogen (secondary N) is 2. The number of nitrogens with zero attached hydrogens (tertiary/aromatic N) is 7. The number of H-pyrrole nitrogens is 1. The zero-order valence-corrected chi connectivity index (χ0v) is 23.9. The molecule has 1 aromatic carbocycles. The largest absolute Gasteiger partial charge is 0.369 e. The lowest BCUT2D eigenvalue weighted by Gasteiger charge is -2.25. The molecule has 5 aromatic rings. The van der Waals surface area contributed by atoms with Crippen LogP contribution in [0.3, 0.4) is 0 Å². The van der Waals surface area contributed by atoms with Crippen molar-refractivity contribution in [3.8, 4) is 11.3 Å². The molecule has 1 aliphatic carbocycles. The van der Waals surface area contributed by atoms with Crippen LogP contribution in [0.4, 0.5) is 5.69 Å². The summed E-state index contributed by atoms with van der Waals surface area (Å²) in [7, 11) is 0. The fourth-order valence-electron chi connectivity index (χ4n) is 5.06. The maximum atomic E-state index is 6.05. The summed E-state index contributed by atoms with van der Waals surface area (Å²) >= 11 is 12.1. The van der Waals surface area contributed by atoms with Crippen LogP contribution in [-0.4, -0.2) is 66.0 Å². The van der Waals surface area contributed by atoms with E-state index in [0.29, 0.717) is 31.4 Å². The summed E-state index contributed by atoms with van der Waals surface area (Å²) in [4.78, 5) is 6.96. The fourth-order valence-corrected chi connectivity index (χ4v) is 5.47. The minimum Gasteiger partial charge on any atom is -0.369 e. The molecule has 0 radical (unpaired) electrons. The van der Waals surface area contributed by atoms with Crippen molar-refractivity contribution < 1.29 is 0 Å². The first-order chi connectivity index (χ1) is 18.7. The maximum absolute atomic E-state index is 6.05. The van der Waals surface area contributed by atoms with Crippen molar-refractivity contribution in [1.29, 1.82) is 0 Å². The van der Waals surface area contributed by atoms with Gasteiger partial charge in [-0.1, -0.05) is 17.7 Å². The van der Waals surface area contributed by atoms with Crippen molar-refractivity contribution in [2.45, 2.75) is 32.4 Å². The van der Waals surface area contributed by atoms with E-state index in [9.17, 15) is 0 Å². The van der Waals surface area contributed by atoms with Gasteiger partial charge in [0.15, 0.2) is 0 Å². The lowest BCUT2D eigenvalue weighted by molar-refractivity contribution is 0.301. The quantitative estimate of drug-likeness (QED) is 0.197. The highest BCUT2D eigenvalue weighted by Crippen LogP contribution is 2.32. The average molecular weight is 589 g/mol. The molecule has 0 atom stereocenters. The highest BCUT2D eigenvalue weighted by molar-refractivity contribution is 6.18. The second kappa shape index (κ2) is 12.6. The summed E-state index contributed by atoms with van der Waals surface area (Å²) in [5.41, 5.74) is 6.79. The summed E-state index contributed by atoms with van der Waals surface area (Å²) in [6.45, 7) is 3.91. The molecule has 0 unspecified atom stereocenters. The van der Waals surface area contributed by atoms with Gasteiger partial charge in [-0.2, -0.15) is 5.10 Å². The molecular weight excluding hydrogens is 557 g/mol. The van der Waals surface area contributed by atoms with E-state index in [2.05, 4.69) is 71.8 Å². The van der Waals surface area contributed by atoms with E-state index in [-0.39, 0.29) is 12.4 Å². The molecule has 1 fully saturated rings. The summed E-state index contributed by atoms with van der Waals surface area (Å²) in [5, 5.41) is 20.8. The van der Waals surface area contributed by atoms with Crippen LogP contribution in [0.2, 0.25) is 0 Å². The molecule has 0 amide bonds. The number of pyridine rings is 1. The fraction of sp³-hybridized carbons (Fsp3) is 0.407. The normalized spacial score (nSPS) is 13.6. The molecule has 6 rings (SSSR count). The van der Waals surface area contributed by atoms with Gasteiger partial charge in [-0.3, -0.25) is 5.10 Å². The Kier molecular flexibility index (Phi) is 8.92. The Hall–Kier alpha value is -2.85. The number of aromatic amines is 1. The van der Waals surface area contributed by atoms with Gasteiger partial charge < -0.3 is 14.6 Å². The molecule has 4 heterocycles. The molecule has 0 spiro atoms. The molecule has 1 saturated carbocycles. The Morgan fingerprint density at radius 1 is 1.08 bits per heavy atom. The molecule has 12 heteroatoms. The SMILES string of the molecule is Cl.ClCCN(CCCl)c1cc(-c2cn(Cc3cn4cc(CNCC5CCC5)ccc4n3)nn2)c2cn[nH]c2c1. The van der Waals surface area contributed by atoms with Crippen LogP contribution in [0.5, 0.6) is 0 Å². The van der Waals surface area contributed by atoms with Crippen molar-refractivity contribution >= 4 is 57.8 Å². The first-order valence-corrected chi connectivity index (χ1v) is 14.2. The molecular formula is C27H32Cl3N9. The van der Waals surface area contributed by atoms with Crippen molar-refractivity contribution in [2.24, 2.45) is 5.92 Å². The van der Waals surface area contributed by atoms with Crippen molar-refractivity contribution in [3.05, 3.63) is 60.3 Å². The van der Waals surface area contributed by atoms with Crippen LogP contribution in [0.25, 0.3) is 27.8 Å². The highest BCUT2D eigenvalue weighted by Gasteiger charge is 2.17. The lowest BCUT2D eigenvalue weighted by Crippen LogP contribution is -2.27. The van der Waals surface area contributed by atoms with Crippen molar-refractivity contribution in [2.75, 3.05) is 36.3 Å². The maximum Gasteiger partial charge on any atom is 0.137 e. The van der Waals surface area contributed by atoms with E-state index in [1.54, 1.807) is 0 Å². The average Bonchev–Trinajstić information content (AvgIpc) is 3.64. The van der Waals surface area contributed by atoms with Gasteiger partial charge in [0, 0.05) is 60.4 Å². The van der Waals surface area contributed by atoms with Crippen LogP contribution in [0, 0.1) is 5.92 Å². The predicted octanol–water partition coefficient (Wildman–Crippen LogP) is 5.11. The zero-order chi connectivity index (χ0) is 25.9. The molecule has 0 saturated heterocycles. The molecule has 206 valence electrons. The number of alkyl halides is 2. The minimum absolute atomic E-state index is 0. The number of fused-ring (bicyclic) bond motifs is 2. The smallest absolute Gasteiger partial charge is 0.137 e. The second-order valence-corrected chi connectivity index (χ2v) is 10.7. The number of aromatic nitrogens is 7. The minimum atomic E-state index is 0. The number of rotatable bonds is 12. The van der Waals surface area contributed by atoms with Gasteiger partial charge in [0.1, 0.15) is 11.3 Å². The third-order valence-electron chi connectivity index (χ3n) is 7.31. The van der Waals surface area contributed by atoms with Gasteiger partial charge in [0.25, 0.3) is 0 Å². The number of hydrogen-bond donors (Lipinski definition) is 2. The number of hydrogen-bond acceptors (Lipinski definition) is 6. The molecule has 0 aliphatic heterocycles. The van der Waals surface area contributed by atoms with Crippen molar-refractivity contribution in [1.82, 2.24) is 39.9 Å². The molecule has 4 aromatic heterocycles. The van der Waals surface area contributed by atoms with Gasteiger partial charge >= 0.3 is 0 Å². The summed E-state index contributed by atoms with van der Waals surface area (Å²) in [6, 6.07) is 8.40. The predicted molar refractivity (Wildman–Crippen MR) is 159 cm³/mol. The van der Waals surface area contributed by atoms with Crippen LogP contribution >= 0.6 is 35.6 Å². The Labute approximate surface area is 243 Å². The Morgan fingerprint density at radius 2 is 1.92 bits per heavy atom. The standard InChI is InChI=1S/C27H31Cl2N9.ClH/c28-6-8-36(9-7-29)22-10-23(24-14-31-33-25(24)11-22)26-18-38(35-34-26)17-21-16-37-15-20(4-5-27(37)32-21)13-30-12-19-2-1-3-19;/h4-5,10-11,14-16,18-19,30H,1-3,6-9,12-13,17H2,(H,31,33);1H. The molecule has 9 nitrogen and oxygen atoms in total. The monoisotopic (exact) mass is 587 g/mol. The summed E-state index contributed by atoms with van der Waals surface area (Å²) in [6.07, 6.45) is 12.1. The van der Waals surface area contributed by atoms with Gasteiger partial charge in [0.2, 0.25) is 0 Å². The van der Waals surface area contributed by atoms with E-state index >= 15 is 0 Å². The Balaban J connectivity index is 0.00000308. The second-order valence-electron chi connectivity index (χ2n) is 9.95. The molecule has 1 aliphatic rings. The number of benzene rings is 1. The lowest BCUT2D eigenvalue weighted by atomic mass is 9.85. The Bertz CT molecular complexity index is 1520. The van der Waals surface area contributed by atoms with Gasteiger partial charge in [0.05, 0.1) is 30.1 Å². The molecule has 2 N–H and O–H groups in total. The van der Waals surface area contributed by atoms with E-state index < -0.39 is 0 Å². The van der Waals surface area contributed by atoms with E-state index in [1.165, 1.54) is 24.8 Å². The topological polar surface area (TPSA) is 92.0 Å². The first-order valence-electron chi connectivity index (χ1n) is 13.1. The number of halogens is 3. The zero-order valence-electron chi connectivity index (χ0n) is 21.6. The Morgan fingerprint density at radius 3 is 2.69 bits per heavy atom. The van der Waals surface area contributed by atoms with Crippen molar-refractivity contribution in [3.63, 3.8) is 0 Å². The number of anilines is 1. The summed E-state index contributed by atoms with van der Waals surface area (Å²) < 4.78 is 3.92. The van der Waals surface area contributed by atoms with Crippen LogP contribution in [0.1, 0.15) is 30.5 Å². The van der Waals surface area contributed by atoms with Gasteiger partial charge in [-0.05, 0) is 49.1 Å². The first kappa shape index (κ1) is 27.7. The van der Waals surface area contributed by atoms with Crippen LogP contribution in [0.15, 0.2) is 49.1 Å². The van der Waals surface area contributed by atoms with E-state index in [4.69, 9.17) is 28.2 Å². The molecule has 0 bridgehead atoms. The van der Waals surface area contributed by atoms with Crippen LogP contribution in [-0.2, 0) is 13.1 Å². The van der Waals surface area contributed by atoms with E-state index in [1.807, 2.05) is 17.1 Å². The third-order valence-corrected chi connectivity index (χ3v) is 7.64. The highest BCUT2D eigenvalue weighted by atomic mass is 35.5. The van der Waals surface area contributed by atoms with Gasteiger partial charge in [-0.25, -0.2) is 9.67 Å².